The third-order valence-corrected chi connectivity index (χ3v) is 6.69. The normalized spacial score (nSPS) is 13.4. The molecule has 1 fully saturated rings. The largest absolute Gasteiger partial charge is 0.481 e. The Bertz CT molecular complexity index is 794. The highest BCUT2D eigenvalue weighted by Crippen LogP contribution is 2.40. The van der Waals surface area contributed by atoms with Crippen molar-refractivity contribution < 1.29 is 14.7 Å². The maximum Gasteiger partial charge on any atom is 0.304 e. The Balaban J connectivity index is 1.44. The van der Waals surface area contributed by atoms with Gasteiger partial charge in [0.15, 0.2) is 0 Å². The van der Waals surface area contributed by atoms with E-state index in [0.29, 0.717) is 31.1 Å². The molecule has 1 heterocycles. The van der Waals surface area contributed by atoms with Crippen LogP contribution in [0.5, 0.6) is 0 Å². The van der Waals surface area contributed by atoms with Gasteiger partial charge in [-0.25, -0.2) is 0 Å². The molecule has 1 aromatic carbocycles. The maximum absolute atomic E-state index is 12.1. The van der Waals surface area contributed by atoms with Gasteiger partial charge in [0, 0.05) is 42.5 Å². The van der Waals surface area contributed by atoms with Crippen LogP contribution < -0.4 is 5.32 Å². The first-order chi connectivity index (χ1) is 13.6. The van der Waals surface area contributed by atoms with E-state index in [1.54, 1.807) is 10.8 Å². The Morgan fingerprint density at radius 3 is 2.57 bits per heavy atom. The van der Waals surface area contributed by atoms with Gasteiger partial charge in [0.25, 0.3) is 0 Å². The van der Waals surface area contributed by atoms with E-state index in [-0.39, 0.29) is 12.3 Å². The van der Waals surface area contributed by atoms with Crippen LogP contribution in [0.3, 0.4) is 0 Å². The van der Waals surface area contributed by atoms with Crippen LogP contribution in [0, 0.1) is 0 Å². The van der Waals surface area contributed by atoms with Crippen molar-refractivity contribution in [3.8, 4) is 5.69 Å². The lowest BCUT2D eigenvalue weighted by Crippen LogP contribution is -2.26. The van der Waals surface area contributed by atoms with E-state index in [4.69, 9.17) is 5.11 Å². The molecule has 2 N–H and O–H groups in total. The van der Waals surface area contributed by atoms with Crippen molar-refractivity contribution in [3.63, 3.8) is 0 Å². The van der Waals surface area contributed by atoms with E-state index >= 15 is 0 Å². The van der Waals surface area contributed by atoms with E-state index in [9.17, 15) is 9.59 Å². The van der Waals surface area contributed by atoms with Crippen LogP contribution in [-0.4, -0.2) is 49.8 Å². The van der Waals surface area contributed by atoms with Gasteiger partial charge < -0.3 is 10.4 Å². The molecule has 0 atom stereocenters. The van der Waals surface area contributed by atoms with Gasteiger partial charge in [-0.15, -0.1) is 10.2 Å². The zero-order valence-corrected chi connectivity index (χ0v) is 17.2. The number of aromatic nitrogens is 3. The Morgan fingerprint density at radius 2 is 1.86 bits per heavy atom. The average Bonchev–Trinajstić information content (AvgIpc) is 3.45. The number of para-hydroxylation sites is 1. The Morgan fingerprint density at radius 1 is 1.11 bits per heavy atom. The molecular weight excluding hydrogens is 396 g/mol. The van der Waals surface area contributed by atoms with E-state index in [1.165, 1.54) is 10.8 Å². The number of carbonyl (C=O) groups excluding carboxylic acids is 1. The highest BCUT2D eigenvalue weighted by molar-refractivity contribution is 8.76. The second kappa shape index (κ2) is 10.5. The maximum atomic E-state index is 12.1. The van der Waals surface area contributed by atoms with Gasteiger partial charge in [-0.1, -0.05) is 39.8 Å². The molecule has 0 saturated heterocycles. The van der Waals surface area contributed by atoms with Crippen molar-refractivity contribution in [1.82, 2.24) is 20.1 Å². The minimum absolute atomic E-state index is 0.00767. The van der Waals surface area contributed by atoms with Gasteiger partial charge in [-0.05, 0) is 25.0 Å². The summed E-state index contributed by atoms with van der Waals surface area (Å²) in [5.74, 6) is 2.83. The van der Waals surface area contributed by atoms with Crippen molar-refractivity contribution in [3.05, 3.63) is 42.0 Å². The van der Waals surface area contributed by atoms with Crippen molar-refractivity contribution in [2.45, 2.75) is 38.0 Å². The lowest BCUT2D eigenvalue weighted by Gasteiger charge is -2.10. The number of carboxylic acids is 1. The summed E-state index contributed by atoms with van der Waals surface area (Å²) < 4.78 is 2.10. The fourth-order valence-corrected chi connectivity index (χ4v) is 4.64. The quantitative estimate of drug-likeness (QED) is 0.402. The minimum Gasteiger partial charge on any atom is -0.481 e. The Kier molecular flexibility index (Phi) is 7.79. The van der Waals surface area contributed by atoms with Gasteiger partial charge in [0.1, 0.15) is 11.6 Å². The summed E-state index contributed by atoms with van der Waals surface area (Å²) in [6.07, 6.45) is 3.36. The standard InChI is InChI=1S/C19H24N4O3S2/c24-17(20-11-13-28-27-12-10-18(25)26)9-8-16-21-22-19(14-6-7-14)23(16)15-4-2-1-3-5-15/h1-5,14H,6-13H2,(H,20,24)(H,25,26). The first-order valence-electron chi connectivity index (χ1n) is 9.37. The summed E-state index contributed by atoms with van der Waals surface area (Å²) in [5.41, 5.74) is 1.04. The number of nitrogens with one attached hydrogen (secondary N) is 1. The molecule has 1 saturated carbocycles. The summed E-state index contributed by atoms with van der Waals surface area (Å²) in [7, 11) is 3.09. The lowest BCUT2D eigenvalue weighted by atomic mass is 10.2. The highest BCUT2D eigenvalue weighted by atomic mass is 33.1. The van der Waals surface area contributed by atoms with E-state index in [1.807, 2.05) is 30.3 Å². The molecule has 3 rings (SSSR count). The third-order valence-electron chi connectivity index (χ3n) is 4.28. The molecule has 1 amide bonds. The molecule has 0 aliphatic heterocycles. The van der Waals surface area contributed by atoms with Crippen LogP contribution in [0.15, 0.2) is 30.3 Å². The van der Waals surface area contributed by atoms with Crippen molar-refractivity contribution in [1.29, 1.82) is 0 Å². The average molecular weight is 421 g/mol. The lowest BCUT2D eigenvalue weighted by molar-refractivity contribution is -0.136. The van der Waals surface area contributed by atoms with E-state index in [2.05, 4.69) is 20.1 Å². The van der Waals surface area contributed by atoms with Gasteiger partial charge in [-0.3, -0.25) is 14.2 Å². The number of benzene rings is 1. The first kappa shape index (κ1) is 20.7. The number of aliphatic carboxylic acids is 1. The molecule has 2 aromatic rings. The third kappa shape index (κ3) is 6.27. The highest BCUT2D eigenvalue weighted by Gasteiger charge is 2.30. The van der Waals surface area contributed by atoms with Crippen molar-refractivity contribution >= 4 is 33.5 Å². The summed E-state index contributed by atoms with van der Waals surface area (Å²) in [6.45, 7) is 0.572. The predicted molar refractivity (Wildman–Crippen MR) is 112 cm³/mol. The van der Waals surface area contributed by atoms with Crippen LogP contribution in [-0.2, 0) is 16.0 Å². The molecule has 0 bridgehead atoms. The fourth-order valence-electron chi connectivity index (χ4n) is 2.75. The first-order valence-corrected chi connectivity index (χ1v) is 11.9. The van der Waals surface area contributed by atoms with Crippen LogP contribution >= 0.6 is 21.6 Å². The fraction of sp³-hybridized carbons (Fsp3) is 0.474. The monoisotopic (exact) mass is 420 g/mol. The van der Waals surface area contributed by atoms with Crippen molar-refractivity contribution in [2.24, 2.45) is 0 Å². The van der Waals surface area contributed by atoms with Crippen molar-refractivity contribution in [2.75, 3.05) is 18.1 Å². The van der Waals surface area contributed by atoms with Gasteiger partial charge in [0.2, 0.25) is 5.91 Å². The van der Waals surface area contributed by atoms with Crippen LogP contribution in [0.4, 0.5) is 0 Å². The molecule has 9 heteroatoms. The SMILES string of the molecule is O=C(O)CCSSCCNC(=O)CCc1nnc(C2CC2)n1-c1ccccc1. The van der Waals surface area contributed by atoms with Gasteiger partial charge in [0.05, 0.1) is 6.42 Å². The van der Waals surface area contributed by atoms with Crippen LogP contribution in [0.1, 0.15) is 43.3 Å². The number of rotatable bonds is 12. The number of carboxylic acid groups (broad SMARTS) is 1. The molecule has 150 valence electrons. The predicted octanol–water partition coefficient (Wildman–Crippen LogP) is 3.05. The molecule has 7 nitrogen and oxygen atoms in total. The summed E-state index contributed by atoms with van der Waals surface area (Å²) in [6, 6.07) is 10.1. The van der Waals surface area contributed by atoms with E-state index < -0.39 is 5.97 Å². The molecule has 0 radical (unpaired) electrons. The number of amides is 1. The molecule has 1 aromatic heterocycles. The number of nitrogens with zero attached hydrogens (tertiary/aromatic N) is 3. The molecule has 28 heavy (non-hydrogen) atoms. The number of hydrogen-bond donors (Lipinski definition) is 2. The smallest absolute Gasteiger partial charge is 0.304 e. The Labute approximate surface area is 172 Å². The van der Waals surface area contributed by atoms with Gasteiger partial charge in [-0.2, -0.15) is 0 Å². The zero-order valence-electron chi connectivity index (χ0n) is 15.5. The second-order valence-electron chi connectivity index (χ2n) is 6.56. The number of carbonyl (C=O) groups is 2. The summed E-state index contributed by atoms with van der Waals surface area (Å²) in [4.78, 5) is 22.6. The minimum atomic E-state index is -0.783. The van der Waals surface area contributed by atoms with Crippen LogP contribution in [0.2, 0.25) is 0 Å². The molecule has 1 aliphatic rings. The van der Waals surface area contributed by atoms with E-state index in [0.717, 1.165) is 35.9 Å². The molecule has 0 spiro atoms. The Hall–Kier alpha value is -2.00. The molecular formula is C19H24N4O3S2. The topological polar surface area (TPSA) is 97.1 Å². The molecule has 1 aliphatic carbocycles. The summed E-state index contributed by atoms with van der Waals surface area (Å²) in [5, 5.41) is 20.2. The number of aryl methyl sites for hydroxylation is 1. The second-order valence-corrected chi connectivity index (χ2v) is 9.26. The summed E-state index contributed by atoms with van der Waals surface area (Å²) >= 11 is 0. The zero-order chi connectivity index (χ0) is 19.8. The molecule has 0 unspecified atom stereocenters. The number of hydrogen-bond acceptors (Lipinski definition) is 6. The van der Waals surface area contributed by atoms with Crippen LogP contribution in [0.25, 0.3) is 5.69 Å². The van der Waals surface area contributed by atoms with Gasteiger partial charge >= 0.3 is 5.97 Å².